The molecule has 5 nitrogen and oxygen atoms in total. The van der Waals surface area contributed by atoms with Crippen LogP contribution in [-0.2, 0) is 23.6 Å². The number of nitrogens with zero attached hydrogens (tertiary/aromatic N) is 1. The van der Waals surface area contributed by atoms with E-state index in [1.807, 2.05) is 0 Å². The van der Waals surface area contributed by atoms with Crippen LogP contribution in [0.1, 0.15) is 40.9 Å². The van der Waals surface area contributed by atoms with Gasteiger partial charge in [0.25, 0.3) is 0 Å². The van der Waals surface area contributed by atoms with Crippen molar-refractivity contribution in [2.24, 2.45) is 0 Å². The van der Waals surface area contributed by atoms with E-state index in [9.17, 15) is 14.1 Å². The van der Waals surface area contributed by atoms with Gasteiger partial charge in [-0.15, -0.1) is 0 Å². The van der Waals surface area contributed by atoms with Gasteiger partial charge in [0.15, 0.2) is 0 Å². The van der Waals surface area contributed by atoms with Crippen molar-refractivity contribution >= 4 is 22.6 Å². The molecular weight excluding hydrogens is 276 g/mol. The molecular formula is C14H20N2O3S. The number of aromatic carboxylic acids is 1. The van der Waals surface area contributed by atoms with Crippen molar-refractivity contribution in [3.63, 3.8) is 0 Å². The van der Waals surface area contributed by atoms with Gasteiger partial charge in [-0.05, 0) is 43.7 Å². The Morgan fingerprint density at radius 2 is 2.20 bits per heavy atom. The Morgan fingerprint density at radius 1 is 1.45 bits per heavy atom. The largest absolute Gasteiger partial charge is 0.478 e. The summed E-state index contributed by atoms with van der Waals surface area (Å²) >= 11 is 0. The Bertz CT molecular complexity index is 531. The number of carboxylic acid groups (broad SMARTS) is 1. The first-order valence-corrected chi connectivity index (χ1v) is 8.60. The van der Waals surface area contributed by atoms with Crippen LogP contribution in [0.4, 0.5) is 5.82 Å². The Hall–Kier alpha value is -1.43. The van der Waals surface area contributed by atoms with E-state index < -0.39 is 16.8 Å². The monoisotopic (exact) mass is 296 g/mol. The third-order valence-electron chi connectivity index (χ3n) is 3.43. The van der Waals surface area contributed by atoms with Gasteiger partial charge in [0, 0.05) is 35.0 Å². The number of rotatable bonds is 6. The van der Waals surface area contributed by atoms with Crippen molar-refractivity contribution in [2.45, 2.75) is 32.1 Å². The number of aromatic nitrogens is 1. The number of aryl methyl sites for hydroxylation is 2. The molecule has 0 amide bonds. The molecule has 0 aliphatic heterocycles. The number of carboxylic acids is 1. The molecule has 0 saturated carbocycles. The number of nitrogens with one attached hydrogen (secondary N) is 1. The normalized spacial score (nSPS) is 15.4. The summed E-state index contributed by atoms with van der Waals surface area (Å²) in [4.78, 5) is 15.8. The molecule has 0 fully saturated rings. The summed E-state index contributed by atoms with van der Waals surface area (Å²) in [6.07, 6.45) is 6.45. The van der Waals surface area contributed by atoms with Gasteiger partial charge in [-0.3, -0.25) is 4.21 Å². The second-order valence-electron chi connectivity index (χ2n) is 5.06. The summed E-state index contributed by atoms with van der Waals surface area (Å²) in [5.74, 6) is 0.104. The molecule has 1 aromatic rings. The van der Waals surface area contributed by atoms with Crippen molar-refractivity contribution in [1.29, 1.82) is 0 Å². The quantitative estimate of drug-likeness (QED) is 0.783. The lowest BCUT2D eigenvalue weighted by atomic mass is 9.95. The fourth-order valence-electron chi connectivity index (χ4n) is 2.41. The Kier molecular flexibility index (Phi) is 5.11. The van der Waals surface area contributed by atoms with E-state index >= 15 is 0 Å². The first-order valence-electron chi connectivity index (χ1n) is 6.88. The number of fused-ring (bicyclic) bond motifs is 1. The van der Waals surface area contributed by atoms with Crippen molar-refractivity contribution in [1.82, 2.24) is 4.98 Å². The molecule has 0 saturated heterocycles. The minimum atomic E-state index is -0.951. The summed E-state index contributed by atoms with van der Waals surface area (Å²) in [7, 11) is -0.816. The van der Waals surface area contributed by atoms with E-state index in [1.54, 1.807) is 12.3 Å². The van der Waals surface area contributed by atoms with Crippen LogP contribution < -0.4 is 5.32 Å². The lowest BCUT2D eigenvalue weighted by molar-refractivity contribution is 0.0697. The molecule has 110 valence electrons. The summed E-state index contributed by atoms with van der Waals surface area (Å²) < 4.78 is 11.0. The molecule has 1 aliphatic carbocycles. The van der Waals surface area contributed by atoms with E-state index in [4.69, 9.17) is 0 Å². The van der Waals surface area contributed by atoms with E-state index in [0.29, 0.717) is 18.1 Å². The maximum atomic E-state index is 11.3. The topological polar surface area (TPSA) is 79.3 Å². The predicted molar refractivity (Wildman–Crippen MR) is 79.9 cm³/mol. The van der Waals surface area contributed by atoms with Crippen LogP contribution in [0.25, 0.3) is 0 Å². The predicted octanol–water partition coefficient (Wildman–Crippen LogP) is 1.84. The molecule has 6 heteroatoms. The minimum Gasteiger partial charge on any atom is -0.478 e. The average molecular weight is 296 g/mol. The first-order chi connectivity index (χ1) is 9.58. The Balaban J connectivity index is 2.13. The van der Waals surface area contributed by atoms with E-state index in [0.717, 1.165) is 43.4 Å². The van der Waals surface area contributed by atoms with Crippen LogP contribution in [0, 0.1) is 0 Å². The van der Waals surface area contributed by atoms with Gasteiger partial charge in [-0.2, -0.15) is 0 Å². The van der Waals surface area contributed by atoms with Crippen LogP contribution in [0.15, 0.2) is 6.07 Å². The third kappa shape index (κ3) is 3.79. The highest BCUT2D eigenvalue weighted by Crippen LogP contribution is 2.24. The lowest BCUT2D eigenvalue weighted by Gasteiger charge is -2.18. The maximum Gasteiger partial charge on any atom is 0.339 e. The van der Waals surface area contributed by atoms with Crippen molar-refractivity contribution in [3.8, 4) is 0 Å². The smallest absolute Gasteiger partial charge is 0.339 e. The van der Waals surface area contributed by atoms with E-state index in [-0.39, 0.29) is 5.56 Å². The fourth-order valence-corrected chi connectivity index (χ4v) is 2.96. The summed E-state index contributed by atoms with van der Waals surface area (Å²) in [6.45, 7) is 0.589. The van der Waals surface area contributed by atoms with Crippen molar-refractivity contribution in [2.75, 3.05) is 23.9 Å². The summed E-state index contributed by atoms with van der Waals surface area (Å²) in [5.41, 5.74) is 2.32. The van der Waals surface area contributed by atoms with Crippen LogP contribution in [-0.4, -0.2) is 38.8 Å². The fraction of sp³-hybridized carbons (Fsp3) is 0.571. The van der Waals surface area contributed by atoms with Crippen LogP contribution >= 0.6 is 0 Å². The number of hydrogen-bond donors (Lipinski definition) is 2. The highest BCUT2D eigenvalue weighted by Gasteiger charge is 2.18. The zero-order chi connectivity index (χ0) is 14.5. The highest BCUT2D eigenvalue weighted by molar-refractivity contribution is 7.84. The molecule has 1 aromatic heterocycles. The first kappa shape index (κ1) is 15.0. The molecule has 0 spiro atoms. The average Bonchev–Trinajstić information content (AvgIpc) is 2.42. The zero-order valence-corrected chi connectivity index (χ0v) is 12.5. The van der Waals surface area contributed by atoms with Gasteiger partial charge in [-0.1, -0.05) is 0 Å². The van der Waals surface area contributed by atoms with Crippen LogP contribution in [0.3, 0.4) is 0 Å². The Morgan fingerprint density at radius 3 is 2.90 bits per heavy atom. The molecule has 1 unspecified atom stereocenters. The Labute approximate surface area is 121 Å². The zero-order valence-electron chi connectivity index (χ0n) is 11.6. The maximum absolute atomic E-state index is 11.3. The number of anilines is 1. The minimum absolute atomic E-state index is 0.239. The third-order valence-corrected chi connectivity index (χ3v) is 4.30. The SMILES string of the molecule is CS(=O)CCCNc1nc2c(cc1C(=O)O)CCCC2. The van der Waals surface area contributed by atoms with Gasteiger partial charge in [-0.25, -0.2) is 9.78 Å². The summed E-state index contributed by atoms with van der Waals surface area (Å²) in [6, 6.07) is 1.75. The number of carbonyl (C=O) groups is 1. The molecule has 1 heterocycles. The van der Waals surface area contributed by atoms with Crippen molar-refractivity contribution < 1.29 is 14.1 Å². The standard InChI is InChI=1S/C14H20N2O3S/c1-20(19)8-4-7-15-13-11(14(17)18)9-10-5-2-3-6-12(10)16-13/h9H,2-8H2,1H3,(H,15,16)(H,17,18). The molecule has 20 heavy (non-hydrogen) atoms. The van der Waals surface area contributed by atoms with Gasteiger partial charge < -0.3 is 10.4 Å². The molecule has 0 aromatic carbocycles. The number of pyridine rings is 1. The molecule has 0 bridgehead atoms. The molecule has 1 atom stereocenters. The van der Waals surface area contributed by atoms with Gasteiger partial charge in [0.2, 0.25) is 0 Å². The second-order valence-corrected chi connectivity index (χ2v) is 6.61. The lowest BCUT2D eigenvalue weighted by Crippen LogP contribution is -2.15. The molecule has 2 rings (SSSR count). The molecule has 0 radical (unpaired) electrons. The molecule has 2 N–H and O–H groups in total. The highest BCUT2D eigenvalue weighted by atomic mass is 32.2. The number of hydrogen-bond acceptors (Lipinski definition) is 4. The van der Waals surface area contributed by atoms with Gasteiger partial charge in [0.05, 0.1) is 0 Å². The summed E-state index contributed by atoms with van der Waals surface area (Å²) in [5, 5.41) is 12.4. The van der Waals surface area contributed by atoms with Crippen LogP contribution in [0.5, 0.6) is 0 Å². The van der Waals surface area contributed by atoms with Gasteiger partial charge >= 0.3 is 5.97 Å². The molecule has 1 aliphatic rings. The van der Waals surface area contributed by atoms with Gasteiger partial charge in [0.1, 0.15) is 11.4 Å². The van der Waals surface area contributed by atoms with E-state index in [2.05, 4.69) is 10.3 Å². The second kappa shape index (κ2) is 6.83. The van der Waals surface area contributed by atoms with Crippen LogP contribution in [0.2, 0.25) is 0 Å². The van der Waals surface area contributed by atoms with E-state index in [1.165, 1.54) is 0 Å². The van der Waals surface area contributed by atoms with Crippen molar-refractivity contribution in [3.05, 3.63) is 22.9 Å².